The van der Waals surface area contributed by atoms with Gasteiger partial charge in [-0.3, -0.25) is 4.79 Å². The third-order valence-electron chi connectivity index (χ3n) is 5.87. The molecule has 2 aliphatic carbocycles. The Morgan fingerprint density at radius 1 is 1.15 bits per heavy atom. The Bertz CT molecular complexity index is 606. The molecule has 0 heterocycles. The molecule has 2 atom stereocenters. The molecule has 0 saturated heterocycles. The summed E-state index contributed by atoms with van der Waals surface area (Å²) in [5.41, 5.74) is 7.94. The van der Waals surface area contributed by atoms with Gasteiger partial charge in [-0.2, -0.15) is 0 Å². The molecule has 144 valence electrons. The normalized spacial score (nSPS) is 27.2. The molecule has 0 spiro atoms. The number of nitrogens with two attached hydrogens (primary N) is 1. The van der Waals surface area contributed by atoms with Gasteiger partial charge in [-0.1, -0.05) is 18.6 Å². The predicted molar refractivity (Wildman–Crippen MR) is 103 cm³/mol. The summed E-state index contributed by atoms with van der Waals surface area (Å²) in [4.78, 5) is 23.9. The van der Waals surface area contributed by atoms with Crippen molar-refractivity contribution in [1.29, 1.82) is 0 Å². The number of carbonyl (C=O) groups is 2. The van der Waals surface area contributed by atoms with E-state index in [1.165, 1.54) is 26.4 Å². The highest BCUT2D eigenvalue weighted by Crippen LogP contribution is 2.41. The first kappa shape index (κ1) is 20.7. The molecular weight excluding hydrogens is 352 g/mol. The van der Waals surface area contributed by atoms with Gasteiger partial charge in [0.25, 0.3) is 0 Å². The first-order valence-electron chi connectivity index (χ1n) is 9.29. The fourth-order valence-electron chi connectivity index (χ4n) is 4.40. The summed E-state index contributed by atoms with van der Waals surface area (Å²) in [6.07, 6.45) is 6.25. The second-order valence-electron chi connectivity index (χ2n) is 7.43. The van der Waals surface area contributed by atoms with Crippen molar-refractivity contribution in [3.63, 3.8) is 0 Å². The standard InChI is InChI=1S/C20H28N2O3.ClH/c1-25-20(24)14-7-5-13(6-8-14)9-10-22-19(23)17-11-15-3-2-4-16(12-17)18(15)21;/h5-8,15-18H,2-4,9-12,21H2,1H3,(H,22,23);1H. The largest absolute Gasteiger partial charge is 0.465 e. The molecule has 2 fully saturated rings. The van der Waals surface area contributed by atoms with Crippen molar-refractivity contribution in [2.24, 2.45) is 23.5 Å². The zero-order chi connectivity index (χ0) is 17.8. The van der Waals surface area contributed by atoms with Gasteiger partial charge >= 0.3 is 5.97 Å². The Balaban J connectivity index is 0.00000243. The minimum Gasteiger partial charge on any atom is -0.465 e. The number of methoxy groups -OCH3 is 1. The number of rotatable bonds is 5. The van der Waals surface area contributed by atoms with Gasteiger partial charge in [0.1, 0.15) is 0 Å². The molecule has 1 amide bonds. The molecule has 1 aromatic rings. The second-order valence-corrected chi connectivity index (χ2v) is 7.43. The lowest BCUT2D eigenvalue weighted by atomic mass is 9.65. The van der Waals surface area contributed by atoms with Crippen LogP contribution in [0.1, 0.15) is 48.0 Å². The van der Waals surface area contributed by atoms with Crippen molar-refractivity contribution >= 4 is 24.3 Å². The van der Waals surface area contributed by atoms with Crippen LogP contribution in [-0.2, 0) is 16.0 Å². The van der Waals surface area contributed by atoms with Crippen LogP contribution < -0.4 is 11.1 Å². The molecule has 26 heavy (non-hydrogen) atoms. The maximum atomic E-state index is 12.5. The number of benzene rings is 1. The molecule has 0 aromatic heterocycles. The summed E-state index contributed by atoms with van der Waals surface area (Å²) in [5, 5.41) is 3.08. The van der Waals surface area contributed by atoms with E-state index in [2.05, 4.69) is 10.1 Å². The van der Waals surface area contributed by atoms with Crippen LogP contribution in [0, 0.1) is 17.8 Å². The van der Waals surface area contributed by atoms with Crippen LogP contribution >= 0.6 is 12.4 Å². The van der Waals surface area contributed by atoms with E-state index in [1.807, 2.05) is 12.1 Å². The van der Waals surface area contributed by atoms with Gasteiger partial charge in [0.2, 0.25) is 5.91 Å². The van der Waals surface area contributed by atoms with E-state index < -0.39 is 0 Å². The molecule has 1 aromatic carbocycles. The van der Waals surface area contributed by atoms with E-state index in [4.69, 9.17) is 5.73 Å². The molecule has 2 saturated carbocycles. The van der Waals surface area contributed by atoms with Crippen LogP contribution in [0.5, 0.6) is 0 Å². The van der Waals surface area contributed by atoms with Crippen LogP contribution in [0.2, 0.25) is 0 Å². The molecule has 2 bridgehead atoms. The number of amides is 1. The fraction of sp³-hybridized carbons (Fsp3) is 0.600. The number of carbonyl (C=O) groups excluding carboxylic acids is 2. The molecule has 0 radical (unpaired) electrons. The summed E-state index contributed by atoms with van der Waals surface area (Å²) < 4.78 is 4.69. The second kappa shape index (κ2) is 9.38. The quantitative estimate of drug-likeness (QED) is 0.769. The highest BCUT2D eigenvalue weighted by Gasteiger charge is 2.40. The molecule has 3 N–H and O–H groups in total. The maximum Gasteiger partial charge on any atom is 0.337 e. The smallest absolute Gasteiger partial charge is 0.337 e. The molecule has 2 unspecified atom stereocenters. The van der Waals surface area contributed by atoms with Gasteiger partial charge in [-0.05, 0) is 61.6 Å². The molecular formula is C20H29ClN2O3. The summed E-state index contributed by atoms with van der Waals surface area (Å²) in [7, 11) is 1.37. The molecule has 5 nitrogen and oxygen atoms in total. The third-order valence-corrected chi connectivity index (χ3v) is 5.87. The van der Waals surface area contributed by atoms with Crippen LogP contribution in [-0.4, -0.2) is 31.6 Å². The van der Waals surface area contributed by atoms with Gasteiger partial charge in [0.05, 0.1) is 12.7 Å². The molecule has 3 rings (SSSR count). The first-order valence-corrected chi connectivity index (χ1v) is 9.29. The summed E-state index contributed by atoms with van der Waals surface area (Å²) in [6, 6.07) is 7.62. The highest BCUT2D eigenvalue weighted by molar-refractivity contribution is 5.89. The lowest BCUT2D eigenvalue weighted by Crippen LogP contribution is -2.49. The minimum atomic E-state index is -0.332. The summed E-state index contributed by atoms with van der Waals surface area (Å²) in [6.45, 7) is 0.619. The predicted octanol–water partition coefficient (Wildman–Crippen LogP) is 2.71. The zero-order valence-electron chi connectivity index (χ0n) is 15.3. The highest BCUT2D eigenvalue weighted by atomic mass is 35.5. The van der Waals surface area contributed by atoms with Gasteiger partial charge in [-0.15, -0.1) is 12.4 Å². The van der Waals surface area contributed by atoms with Gasteiger partial charge in [-0.25, -0.2) is 4.79 Å². The summed E-state index contributed by atoms with van der Waals surface area (Å²) >= 11 is 0. The van der Waals surface area contributed by atoms with Crippen molar-refractivity contribution in [1.82, 2.24) is 5.32 Å². The van der Waals surface area contributed by atoms with Gasteiger partial charge < -0.3 is 15.8 Å². The number of esters is 1. The number of fused-ring (bicyclic) bond motifs is 2. The minimum absolute atomic E-state index is 0. The van der Waals surface area contributed by atoms with E-state index in [0.29, 0.717) is 30.0 Å². The van der Waals surface area contributed by atoms with Crippen molar-refractivity contribution < 1.29 is 14.3 Å². The number of hydrogen-bond acceptors (Lipinski definition) is 4. The van der Waals surface area contributed by atoms with E-state index in [0.717, 1.165) is 24.8 Å². The zero-order valence-corrected chi connectivity index (χ0v) is 16.1. The van der Waals surface area contributed by atoms with Crippen LogP contribution in [0.15, 0.2) is 24.3 Å². The molecule has 0 aliphatic heterocycles. The lowest BCUT2D eigenvalue weighted by molar-refractivity contribution is -0.127. The van der Waals surface area contributed by atoms with Gasteiger partial charge in [0, 0.05) is 18.5 Å². The Labute approximate surface area is 161 Å². The SMILES string of the molecule is COC(=O)c1ccc(CCNC(=O)C2CC3CCCC(C2)C3N)cc1.Cl. The molecule has 6 heteroatoms. The Kier molecular flexibility index (Phi) is 7.47. The van der Waals surface area contributed by atoms with E-state index in [1.54, 1.807) is 12.1 Å². The number of nitrogens with one attached hydrogen (secondary N) is 1. The van der Waals surface area contributed by atoms with Crippen LogP contribution in [0.4, 0.5) is 0 Å². The Morgan fingerprint density at radius 3 is 2.35 bits per heavy atom. The van der Waals surface area contributed by atoms with E-state index >= 15 is 0 Å². The summed E-state index contributed by atoms with van der Waals surface area (Å²) in [5.74, 6) is 1.01. The average molecular weight is 381 g/mol. The lowest BCUT2D eigenvalue weighted by Gasteiger charge is -2.43. The van der Waals surface area contributed by atoms with Crippen molar-refractivity contribution in [3.8, 4) is 0 Å². The number of ether oxygens (including phenoxy) is 1. The third kappa shape index (κ3) is 4.77. The fourth-order valence-corrected chi connectivity index (χ4v) is 4.40. The van der Waals surface area contributed by atoms with Crippen molar-refractivity contribution in [2.75, 3.05) is 13.7 Å². The van der Waals surface area contributed by atoms with E-state index in [-0.39, 0.29) is 30.2 Å². The van der Waals surface area contributed by atoms with Gasteiger partial charge in [0.15, 0.2) is 0 Å². The van der Waals surface area contributed by atoms with Crippen molar-refractivity contribution in [3.05, 3.63) is 35.4 Å². The Hall–Kier alpha value is -1.59. The maximum absolute atomic E-state index is 12.5. The van der Waals surface area contributed by atoms with Crippen molar-refractivity contribution in [2.45, 2.75) is 44.6 Å². The topological polar surface area (TPSA) is 81.4 Å². The first-order chi connectivity index (χ1) is 12.1. The number of halogens is 1. The van der Waals surface area contributed by atoms with Crippen LogP contribution in [0.3, 0.4) is 0 Å². The Morgan fingerprint density at radius 2 is 1.77 bits per heavy atom. The monoisotopic (exact) mass is 380 g/mol. The van der Waals surface area contributed by atoms with E-state index in [9.17, 15) is 9.59 Å². The average Bonchev–Trinajstić information content (AvgIpc) is 2.61. The van der Waals surface area contributed by atoms with Crippen LogP contribution in [0.25, 0.3) is 0 Å². The molecule has 2 aliphatic rings. The number of hydrogen-bond donors (Lipinski definition) is 2.